The van der Waals surface area contributed by atoms with E-state index < -0.39 is 32.5 Å². The molecular weight excluding hydrogens is 478 g/mol. The minimum absolute atomic E-state index is 0.0626. The van der Waals surface area contributed by atoms with Gasteiger partial charge in [0.05, 0.1) is 22.9 Å². The highest BCUT2D eigenvalue weighted by Crippen LogP contribution is 2.98. The Kier molecular flexibility index (Phi) is 5.02. The molecule has 2 aliphatic carbocycles. The molecule has 2 unspecified atom stereocenters. The molecule has 35 heavy (non-hydrogen) atoms. The van der Waals surface area contributed by atoms with Gasteiger partial charge in [-0.1, -0.05) is 52.7 Å². The van der Waals surface area contributed by atoms with Gasteiger partial charge in [0.2, 0.25) is 0 Å². The molecular formula is C27H35F4NO2S. The SMILES string of the molecule is CC(C)c1nc2c(c3c1C(c1ccc(S(C)(F)(F)(F)F)cc1)OC31CCCC1)C(O)CC(C)(C)C2. The molecule has 3 aliphatic rings. The van der Waals surface area contributed by atoms with E-state index in [1.165, 1.54) is 12.1 Å². The Bertz CT molecular complexity index is 1180. The van der Waals surface area contributed by atoms with Gasteiger partial charge >= 0.3 is 0 Å². The largest absolute Gasteiger partial charge is 0.388 e. The zero-order chi connectivity index (χ0) is 25.7. The van der Waals surface area contributed by atoms with Crippen molar-refractivity contribution in [2.24, 2.45) is 5.41 Å². The summed E-state index contributed by atoms with van der Waals surface area (Å²) < 4.78 is 62.8. The van der Waals surface area contributed by atoms with Gasteiger partial charge in [-0.05, 0) is 60.3 Å². The van der Waals surface area contributed by atoms with E-state index >= 15 is 0 Å². The summed E-state index contributed by atoms with van der Waals surface area (Å²) in [5, 5.41) is 11.3. The Morgan fingerprint density at radius 1 is 1.03 bits per heavy atom. The number of aliphatic hydroxyl groups excluding tert-OH is 1. The average molecular weight is 514 g/mol. The molecule has 194 valence electrons. The molecule has 8 heteroatoms. The fourth-order valence-electron chi connectivity index (χ4n) is 6.40. The quantitative estimate of drug-likeness (QED) is 0.418. The highest BCUT2D eigenvalue weighted by molar-refractivity contribution is 8.49. The first kappa shape index (κ1) is 25.0. The number of benzene rings is 1. The monoisotopic (exact) mass is 513 g/mol. The second-order valence-electron chi connectivity index (χ2n) is 12.1. The summed E-state index contributed by atoms with van der Waals surface area (Å²) in [5.41, 5.74) is 4.43. The molecule has 3 nitrogen and oxygen atoms in total. The van der Waals surface area contributed by atoms with Gasteiger partial charge in [-0.25, -0.2) is 0 Å². The number of hydrogen-bond donors (Lipinski definition) is 1. The summed E-state index contributed by atoms with van der Waals surface area (Å²) in [6.07, 6.45) is 3.42. The fourth-order valence-corrected chi connectivity index (χ4v) is 7.22. The Labute approximate surface area is 204 Å². The Hall–Kier alpha value is -1.64. The summed E-state index contributed by atoms with van der Waals surface area (Å²) >= 11 is 0. The number of rotatable bonds is 3. The molecule has 0 bridgehead atoms. The number of fused-ring (bicyclic) bond motifs is 4. The molecule has 1 fully saturated rings. The van der Waals surface area contributed by atoms with Crippen molar-refractivity contribution in [3.05, 3.63) is 57.9 Å². The summed E-state index contributed by atoms with van der Waals surface area (Å²) in [4.78, 5) is 3.82. The number of aromatic nitrogens is 1. The molecule has 2 heterocycles. The van der Waals surface area contributed by atoms with E-state index in [0.717, 1.165) is 72.3 Å². The zero-order valence-corrected chi connectivity index (χ0v) is 21.8. The van der Waals surface area contributed by atoms with Crippen LogP contribution in [0.1, 0.15) is 112 Å². The summed E-state index contributed by atoms with van der Waals surface area (Å²) in [7, 11) is -8.27. The lowest BCUT2D eigenvalue weighted by Gasteiger charge is -2.46. The smallest absolute Gasteiger partial charge is 0.184 e. The zero-order valence-electron chi connectivity index (χ0n) is 21.0. The van der Waals surface area contributed by atoms with Gasteiger partial charge < -0.3 is 9.84 Å². The molecule has 2 atom stereocenters. The van der Waals surface area contributed by atoms with Crippen LogP contribution in [-0.4, -0.2) is 16.3 Å². The highest BCUT2D eigenvalue weighted by atomic mass is 32.5. The lowest BCUT2D eigenvalue weighted by Crippen LogP contribution is -2.32. The van der Waals surface area contributed by atoms with Gasteiger partial charge in [0, 0.05) is 22.5 Å². The molecule has 5 rings (SSSR count). The van der Waals surface area contributed by atoms with Gasteiger partial charge in [-0.3, -0.25) is 4.98 Å². The molecule has 1 saturated carbocycles. The second kappa shape index (κ2) is 7.01. The summed E-state index contributed by atoms with van der Waals surface area (Å²) in [5.74, 6) is 0.0626. The van der Waals surface area contributed by atoms with Gasteiger partial charge in [-0.15, -0.1) is 15.5 Å². The second-order valence-corrected chi connectivity index (χ2v) is 15.5. The van der Waals surface area contributed by atoms with Crippen molar-refractivity contribution in [1.82, 2.24) is 4.98 Å². The lowest BCUT2D eigenvalue weighted by molar-refractivity contribution is -0.0580. The maximum absolute atomic E-state index is 14.0. The molecule has 1 spiro atoms. The van der Waals surface area contributed by atoms with Crippen LogP contribution in [0.25, 0.3) is 0 Å². The van der Waals surface area contributed by atoms with Crippen LogP contribution in [0.2, 0.25) is 0 Å². The lowest BCUT2D eigenvalue weighted by atomic mass is 9.70. The first-order chi connectivity index (χ1) is 15.9. The van der Waals surface area contributed by atoms with Crippen LogP contribution >= 0.6 is 9.84 Å². The maximum atomic E-state index is 14.0. The molecule has 1 N–H and O–H groups in total. The molecule has 2 aromatic rings. The topological polar surface area (TPSA) is 42.4 Å². The molecule has 0 saturated heterocycles. The number of nitrogens with zero attached hydrogens (tertiary/aromatic N) is 1. The third-order valence-electron chi connectivity index (χ3n) is 7.90. The van der Waals surface area contributed by atoms with Gasteiger partial charge in [0.1, 0.15) is 6.10 Å². The van der Waals surface area contributed by atoms with Crippen molar-refractivity contribution in [3.8, 4) is 0 Å². The van der Waals surface area contributed by atoms with E-state index in [0.29, 0.717) is 12.0 Å². The number of pyridine rings is 1. The normalized spacial score (nSPS) is 26.9. The Balaban J connectivity index is 1.73. The maximum Gasteiger partial charge on any atom is 0.184 e. The Morgan fingerprint density at radius 2 is 1.63 bits per heavy atom. The van der Waals surface area contributed by atoms with Crippen LogP contribution in [-0.2, 0) is 16.8 Å². The van der Waals surface area contributed by atoms with E-state index in [1.54, 1.807) is 0 Å². The van der Waals surface area contributed by atoms with Crippen molar-refractivity contribution in [3.63, 3.8) is 0 Å². The van der Waals surface area contributed by atoms with Crippen molar-refractivity contribution in [2.75, 3.05) is 6.26 Å². The summed E-state index contributed by atoms with van der Waals surface area (Å²) in [6, 6.07) is 4.33. The fraction of sp³-hybridized carbons (Fsp3) is 0.593. The van der Waals surface area contributed by atoms with Crippen LogP contribution in [0.3, 0.4) is 0 Å². The van der Waals surface area contributed by atoms with E-state index in [-0.39, 0.29) is 17.6 Å². The van der Waals surface area contributed by atoms with E-state index in [4.69, 9.17) is 9.72 Å². The van der Waals surface area contributed by atoms with Gasteiger partial charge in [0.15, 0.2) is 9.84 Å². The van der Waals surface area contributed by atoms with Crippen molar-refractivity contribution in [2.45, 2.75) is 94.8 Å². The minimum Gasteiger partial charge on any atom is -0.388 e. The number of ether oxygens (including phenoxy) is 1. The highest BCUT2D eigenvalue weighted by Gasteiger charge is 2.59. The van der Waals surface area contributed by atoms with Crippen LogP contribution in [0.4, 0.5) is 15.5 Å². The first-order valence-electron chi connectivity index (χ1n) is 12.4. The van der Waals surface area contributed by atoms with Gasteiger partial charge in [0.25, 0.3) is 0 Å². The van der Waals surface area contributed by atoms with E-state index in [9.17, 15) is 20.6 Å². The summed E-state index contributed by atoms with van der Waals surface area (Å²) in [6.45, 7) is 8.39. The van der Waals surface area contributed by atoms with E-state index in [1.807, 2.05) is 0 Å². The van der Waals surface area contributed by atoms with Gasteiger partial charge in [-0.2, -0.15) is 0 Å². The van der Waals surface area contributed by atoms with E-state index in [2.05, 4.69) is 27.7 Å². The molecule has 1 aromatic heterocycles. The molecule has 1 aliphatic heterocycles. The minimum atomic E-state index is -8.27. The third-order valence-corrected chi connectivity index (χ3v) is 9.36. The van der Waals surface area contributed by atoms with Crippen LogP contribution in [0.15, 0.2) is 29.2 Å². The predicted octanol–water partition coefficient (Wildman–Crippen LogP) is 8.50. The number of aliphatic hydroxyl groups is 1. The molecule has 1 aromatic carbocycles. The van der Waals surface area contributed by atoms with Crippen molar-refractivity contribution in [1.29, 1.82) is 0 Å². The average Bonchev–Trinajstić information content (AvgIpc) is 3.30. The standard InChI is InChI=1S/C27H35F4NO2S/c1-16(2)24-22-23(21-19(32-24)14-26(3,4)15-20(21)33)27(12-6-7-13-27)34-25(22)17-8-10-18(11-9-17)35(5,28,29,30)31/h8-11,16,20,25,33H,6-7,12-15H2,1-5H3. The molecule has 0 radical (unpaired) electrons. The molecule has 0 amide bonds. The first-order valence-corrected chi connectivity index (χ1v) is 14.9. The van der Waals surface area contributed by atoms with Crippen LogP contribution < -0.4 is 0 Å². The van der Waals surface area contributed by atoms with Crippen LogP contribution in [0.5, 0.6) is 0 Å². The predicted molar refractivity (Wildman–Crippen MR) is 131 cm³/mol. The third kappa shape index (κ3) is 4.19. The van der Waals surface area contributed by atoms with Crippen molar-refractivity contribution >= 4 is 9.84 Å². The van der Waals surface area contributed by atoms with Crippen molar-refractivity contribution < 1.29 is 25.4 Å². The Morgan fingerprint density at radius 3 is 2.17 bits per heavy atom. The number of halogens is 4. The van der Waals surface area contributed by atoms with Crippen LogP contribution in [0, 0.1) is 5.41 Å². The number of hydrogen-bond acceptors (Lipinski definition) is 3.